The van der Waals surface area contributed by atoms with E-state index in [9.17, 15) is 14.4 Å². The molecule has 0 saturated heterocycles. The van der Waals surface area contributed by atoms with Gasteiger partial charge >= 0.3 is 0 Å². The fraction of sp³-hybridized carbons (Fsp3) is 0.375. The van der Waals surface area contributed by atoms with Crippen LogP contribution >= 0.6 is 11.6 Å². The molecule has 31 heavy (non-hydrogen) atoms. The second-order valence-corrected chi connectivity index (χ2v) is 8.73. The predicted octanol–water partition coefficient (Wildman–Crippen LogP) is 3.96. The molecule has 2 aromatic carbocycles. The second-order valence-electron chi connectivity index (χ2n) is 8.33. The number of halogens is 1. The summed E-state index contributed by atoms with van der Waals surface area (Å²) in [5.74, 6) is -0.806. The number of hydrogen-bond acceptors (Lipinski definition) is 3. The molecule has 7 heteroatoms. The first-order valence-electron chi connectivity index (χ1n) is 10.3. The topological polar surface area (TPSA) is 78.5 Å². The van der Waals surface area contributed by atoms with E-state index in [2.05, 4.69) is 10.6 Å². The van der Waals surface area contributed by atoms with Crippen LogP contribution in [-0.4, -0.2) is 41.2 Å². The Balaban J connectivity index is 2.17. The summed E-state index contributed by atoms with van der Waals surface area (Å²) in [6, 6.07) is 15.5. The lowest BCUT2D eigenvalue weighted by molar-refractivity contribution is -0.136. The normalized spacial score (nSPS) is 12.0. The fourth-order valence-electron chi connectivity index (χ4n) is 3.13. The van der Waals surface area contributed by atoms with Crippen molar-refractivity contribution in [1.82, 2.24) is 15.5 Å². The summed E-state index contributed by atoms with van der Waals surface area (Å²) in [6.07, 6.45) is 0.0246. The van der Waals surface area contributed by atoms with Crippen molar-refractivity contribution in [2.24, 2.45) is 0 Å². The highest BCUT2D eigenvalue weighted by atomic mass is 35.5. The molecule has 0 aliphatic heterocycles. The Kier molecular flexibility index (Phi) is 8.63. The Morgan fingerprint density at radius 3 is 2.19 bits per heavy atom. The van der Waals surface area contributed by atoms with Gasteiger partial charge in [0.05, 0.1) is 29.6 Å². The first-order chi connectivity index (χ1) is 14.6. The van der Waals surface area contributed by atoms with Crippen molar-refractivity contribution < 1.29 is 14.4 Å². The van der Waals surface area contributed by atoms with Crippen molar-refractivity contribution in [3.63, 3.8) is 0 Å². The van der Waals surface area contributed by atoms with Gasteiger partial charge in [0.25, 0.3) is 5.91 Å². The Hall–Kier alpha value is -2.86. The molecule has 2 aromatic rings. The van der Waals surface area contributed by atoms with E-state index < -0.39 is 6.04 Å². The third-order valence-corrected chi connectivity index (χ3v) is 4.92. The van der Waals surface area contributed by atoms with Crippen LogP contribution in [0.3, 0.4) is 0 Å². The van der Waals surface area contributed by atoms with E-state index in [0.717, 1.165) is 5.56 Å². The Morgan fingerprint density at radius 1 is 1.00 bits per heavy atom. The average Bonchev–Trinajstić information content (AvgIpc) is 2.71. The minimum Gasteiger partial charge on any atom is -0.350 e. The fourth-order valence-corrected chi connectivity index (χ4v) is 3.35. The van der Waals surface area contributed by atoms with Crippen LogP contribution in [0.15, 0.2) is 54.6 Å². The van der Waals surface area contributed by atoms with Crippen LogP contribution in [0.1, 0.15) is 56.1 Å². The largest absolute Gasteiger partial charge is 0.350 e. The first-order valence-corrected chi connectivity index (χ1v) is 10.7. The third kappa shape index (κ3) is 7.72. The minimum atomic E-state index is -0.558. The zero-order valence-electron chi connectivity index (χ0n) is 18.4. The summed E-state index contributed by atoms with van der Waals surface area (Å²) in [5, 5.41) is 6.13. The van der Waals surface area contributed by atoms with Crippen LogP contribution in [0.4, 0.5) is 0 Å². The van der Waals surface area contributed by atoms with Crippen molar-refractivity contribution in [3.8, 4) is 0 Å². The van der Waals surface area contributed by atoms with E-state index in [1.165, 1.54) is 4.90 Å². The highest BCUT2D eigenvalue weighted by molar-refractivity contribution is 6.33. The number of carbonyl (C=O) groups is 3. The van der Waals surface area contributed by atoms with Crippen molar-refractivity contribution >= 4 is 29.3 Å². The maximum atomic E-state index is 13.0. The van der Waals surface area contributed by atoms with E-state index in [1.54, 1.807) is 24.3 Å². The van der Waals surface area contributed by atoms with Gasteiger partial charge in [-0.15, -0.1) is 0 Å². The van der Waals surface area contributed by atoms with Crippen LogP contribution < -0.4 is 10.6 Å². The first kappa shape index (κ1) is 24.4. The number of nitrogens with one attached hydrogen (secondary N) is 2. The molecule has 0 bridgehead atoms. The van der Waals surface area contributed by atoms with E-state index >= 15 is 0 Å². The molecule has 0 heterocycles. The highest BCUT2D eigenvalue weighted by Crippen LogP contribution is 2.21. The van der Waals surface area contributed by atoms with Gasteiger partial charge in [0, 0.05) is 12.1 Å². The van der Waals surface area contributed by atoms with Gasteiger partial charge in [-0.05, 0) is 45.4 Å². The van der Waals surface area contributed by atoms with Crippen LogP contribution in [0.5, 0.6) is 0 Å². The minimum absolute atomic E-state index is 0.0246. The van der Waals surface area contributed by atoms with Crippen molar-refractivity contribution in [1.29, 1.82) is 0 Å². The van der Waals surface area contributed by atoms with Gasteiger partial charge in [-0.3, -0.25) is 14.4 Å². The maximum absolute atomic E-state index is 13.0. The molecule has 2 rings (SSSR count). The van der Waals surface area contributed by atoms with Crippen molar-refractivity contribution in [2.45, 2.75) is 45.7 Å². The lowest BCUT2D eigenvalue weighted by atomic mass is 10.0. The van der Waals surface area contributed by atoms with Crippen LogP contribution in [0, 0.1) is 0 Å². The lowest BCUT2D eigenvalue weighted by Gasteiger charge is -2.27. The number of carbonyl (C=O) groups excluding carboxylic acids is 3. The van der Waals surface area contributed by atoms with E-state index in [0.29, 0.717) is 17.1 Å². The summed E-state index contributed by atoms with van der Waals surface area (Å²) in [7, 11) is 0. The molecule has 0 aliphatic rings. The Labute approximate surface area is 189 Å². The monoisotopic (exact) mass is 443 g/mol. The molecule has 166 valence electrons. The number of benzene rings is 2. The third-order valence-electron chi connectivity index (χ3n) is 4.59. The highest BCUT2D eigenvalue weighted by Gasteiger charge is 2.25. The van der Waals surface area contributed by atoms with Gasteiger partial charge in [-0.25, -0.2) is 0 Å². The van der Waals surface area contributed by atoms with E-state index in [-0.39, 0.29) is 36.2 Å². The molecule has 3 amide bonds. The molecule has 0 radical (unpaired) electrons. The maximum Gasteiger partial charge on any atom is 0.253 e. The quantitative estimate of drug-likeness (QED) is 0.648. The molecule has 6 nitrogen and oxygen atoms in total. The number of likely N-dealkylation sites (N-methyl/N-ethyl adjacent to an activating group) is 1. The SMILES string of the molecule is CCN(CC(=O)NC(C)(C)C)C(=O)CC(NC(=O)c1ccccc1Cl)c1ccccc1. The molecule has 1 unspecified atom stereocenters. The van der Waals surface area contributed by atoms with Crippen molar-refractivity contribution in [2.75, 3.05) is 13.1 Å². The average molecular weight is 444 g/mol. The zero-order chi connectivity index (χ0) is 23.0. The summed E-state index contributed by atoms with van der Waals surface area (Å²) in [6.45, 7) is 7.83. The van der Waals surface area contributed by atoms with Gasteiger partial charge in [0.2, 0.25) is 11.8 Å². The van der Waals surface area contributed by atoms with Crippen LogP contribution in [0.2, 0.25) is 5.02 Å². The van der Waals surface area contributed by atoms with Gasteiger partial charge in [0.1, 0.15) is 0 Å². The summed E-state index contributed by atoms with van der Waals surface area (Å²) >= 11 is 6.16. The van der Waals surface area contributed by atoms with E-state index in [4.69, 9.17) is 11.6 Å². The van der Waals surface area contributed by atoms with Crippen LogP contribution in [0.25, 0.3) is 0 Å². The number of rotatable bonds is 8. The second kappa shape index (κ2) is 11.0. The number of amides is 3. The summed E-state index contributed by atoms with van der Waals surface area (Å²) < 4.78 is 0. The number of nitrogens with zero attached hydrogens (tertiary/aromatic N) is 1. The van der Waals surface area contributed by atoms with Gasteiger partial charge in [-0.1, -0.05) is 54.1 Å². The summed E-state index contributed by atoms with van der Waals surface area (Å²) in [4.78, 5) is 39.6. The number of hydrogen-bond donors (Lipinski definition) is 2. The lowest BCUT2D eigenvalue weighted by Crippen LogP contribution is -2.47. The van der Waals surface area contributed by atoms with Gasteiger partial charge < -0.3 is 15.5 Å². The molecular weight excluding hydrogens is 414 g/mol. The smallest absolute Gasteiger partial charge is 0.253 e. The molecule has 0 spiro atoms. The zero-order valence-corrected chi connectivity index (χ0v) is 19.2. The molecule has 0 fully saturated rings. The Bertz CT molecular complexity index is 910. The van der Waals surface area contributed by atoms with Gasteiger partial charge in [-0.2, -0.15) is 0 Å². The van der Waals surface area contributed by atoms with E-state index in [1.807, 2.05) is 58.0 Å². The molecular formula is C24H30ClN3O3. The van der Waals surface area contributed by atoms with Crippen molar-refractivity contribution in [3.05, 3.63) is 70.7 Å². The Morgan fingerprint density at radius 2 is 1.61 bits per heavy atom. The molecule has 1 atom stereocenters. The summed E-state index contributed by atoms with van der Waals surface area (Å²) in [5.41, 5.74) is 0.760. The molecule has 0 saturated carbocycles. The van der Waals surface area contributed by atoms with Gasteiger partial charge in [0.15, 0.2) is 0 Å². The standard InChI is InChI=1S/C24H30ClN3O3/c1-5-28(16-21(29)27-24(2,3)4)22(30)15-20(17-11-7-6-8-12-17)26-23(31)18-13-9-10-14-19(18)25/h6-14,20H,5,15-16H2,1-4H3,(H,26,31)(H,27,29). The molecule has 0 aliphatic carbocycles. The predicted molar refractivity (Wildman–Crippen MR) is 123 cm³/mol. The van der Waals surface area contributed by atoms with Crippen LogP contribution in [-0.2, 0) is 9.59 Å². The molecule has 0 aromatic heterocycles. The molecule has 2 N–H and O–H groups in total.